The number of carbonyl (C=O) groups is 1. The minimum absolute atomic E-state index is 0.0929. The molecule has 0 amide bonds. The predicted octanol–water partition coefficient (Wildman–Crippen LogP) is 2.48. The van der Waals surface area contributed by atoms with E-state index in [0.29, 0.717) is 26.1 Å². The third kappa shape index (κ3) is 2.16. The van der Waals surface area contributed by atoms with Crippen LogP contribution in [0, 0.1) is 10.8 Å². The van der Waals surface area contributed by atoms with Crippen molar-refractivity contribution >= 4 is 5.78 Å². The highest BCUT2D eigenvalue weighted by molar-refractivity contribution is 6.00. The minimum atomic E-state index is -2.35. The van der Waals surface area contributed by atoms with Crippen molar-refractivity contribution in [2.24, 2.45) is 21.1 Å². The van der Waals surface area contributed by atoms with Crippen LogP contribution in [0.3, 0.4) is 0 Å². The van der Waals surface area contributed by atoms with Crippen molar-refractivity contribution in [1.29, 1.82) is 0 Å². The molecule has 1 fully saturated rings. The van der Waals surface area contributed by atoms with Crippen LogP contribution in [0.5, 0.6) is 0 Å². The van der Waals surface area contributed by atoms with Crippen LogP contribution >= 0.6 is 0 Å². The van der Waals surface area contributed by atoms with Crippen LogP contribution in [0.15, 0.2) is 32.9 Å². The highest BCUT2D eigenvalue weighted by Gasteiger charge is 2.57. The zero-order chi connectivity index (χ0) is 16.4. The number of likely N-dealkylation sites (tertiary alicyclic amines) is 1. The van der Waals surface area contributed by atoms with E-state index < -0.39 is 11.8 Å². The summed E-state index contributed by atoms with van der Waals surface area (Å²) in [5.74, 6) is 0.866. The number of nitrogens with zero attached hydrogens (tertiary/aromatic N) is 3. The molecule has 0 unspecified atom stereocenters. The number of allylic oxidation sites excluding steroid dienone is 1. The number of hydrogen-bond acceptors (Lipinski definition) is 5. The standard InChI is InChI=1S/C16H20F2N4O/c1-15(2)3-10-13(11(23)4-15)16(7-22(8-16)6-12(17)18)9-5-19-21-14(9)20-10/h12,20H,3-8H2,1-2H3. The van der Waals surface area contributed by atoms with Crippen LogP contribution < -0.4 is 5.32 Å². The number of dihydropyridines is 1. The van der Waals surface area contributed by atoms with E-state index in [1.165, 1.54) is 0 Å². The van der Waals surface area contributed by atoms with Gasteiger partial charge < -0.3 is 5.32 Å². The fourth-order valence-electron chi connectivity index (χ4n) is 4.46. The summed E-state index contributed by atoms with van der Waals surface area (Å²) in [4.78, 5) is 14.5. The summed E-state index contributed by atoms with van der Waals surface area (Å²) in [6.07, 6.45) is -1.08. The van der Waals surface area contributed by atoms with Gasteiger partial charge in [0, 0.05) is 36.4 Å². The van der Waals surface area contributed by atoms with Gasteiger partial charge in [-0.25, -0.2) is 8.78 Å². The molecule has 0 saturated carbocycles. The Morgan fingerprint density at radius 1 is 1.30 bits per heavy atom. The van der Waals surface area contributed by atoms with Crippen molar-refractivity contribution in [1.82, 2.24) is 10.2 Å². The van der Waals surface area contributed by atoms with Gasteiger partial charge in [0.15, 0.2) is 11.6 Å². The first-order valence-electron chi connectivity index (χ1n) is 7.96. The Bertz CT molecular complexity index is 672. The third-order valence-corrected chi connectivity index (χ3v) is 5.27. The molecule has 1 saturated heterocycles. The van der Waals surface area contributed by atoms with E-state index in [1.807, 2.05) is 0 Å². The van der Waals surface area contributed by atoms with Crippen molar-refractivity contribution in [2.45, 2.75) is 33.1 Å². The second-order valence-corrected chi connectivity index (χ2v) is 7.79. The molecule has 0 bridgehead atoms. The first-order valence-corrected chi connectivity index (χ1v) is 7.96. The lowest BCUT2D eigenvalue weighted by atomic mass is 9.60. The van der Waals surface area contributed by atoms with Crippen LogP contribution in [0.1, 0.15) is 26.7 Å². The first kappa shape index (κ1) is 14.9. The third-order valence-electron chi connectivity index (χ3n) is 5.27. The number of alkyl halides is 2. The molecule has 124 valence electrons. The molecule has 0 atom stereocenters. The van der Waals surface area contributed by atoms with Crippen LogP contribution in [0.4, 0.5) is 8.78 Å². The van der Waals surface area contributed by atoms with E-state index in [-0.39, 0.29) is 17.7 Å². The van der Waals surface area contributed by atoms with Gasteiger partial charge in [0.2, 0.25) is 0 Å². The number of nitrogens with one attached hydrogen (secondary N) is 1. The van der Waals surface area contributed by atoms with Crippen molar-refractivity contribution in [3.8, 4) is 0 Å². The second kappa shape index (κ2) is 4.69. The zero-order valence-corrected chi connectivity index (χ0v) is 13.3. The molecule has 0 aromatic heterocycles. The zero-order valence-electron chi connectivity index (χ0n) is 13.3. The van der Waals surface area contributed by atoms with E-state index in [9.17, 15) is 13.6 Å². The van der Waals surface area contributed by atoms with Crippen molar-refractivity contribution in [3.63, 3.8) is 0 Å². The van der Waals surface area contributed by atoms with Crippen molar-refractivity contribution in [3.05, 3.63) is 22.7 Å². The Balaban J connectivity index is 1.72. The Morgan fingerprint density at radius 3 is 2.74 bits per heavy atom. The Hall–Kier alpha value is -1.63. The molecule has 5 nitrogen and oxygen atoms in total. The van der Waals surface area contributed by atoms with E-state index in [1.54, 1.807) is 4.90 Å². The van der Waals surface area contributed by atoms with E-state index in [2.05, 4.69) is 29.4 Å². The first-order chi connectivity index (χ1) is 10.8. The van der Waals surface area contributed by atoms with Crippen molar-refractivity contribution in [2.75, 3.05) is 26.2 Å². The molecule has 4 aliphatic rings. The SMILES string of the molecule is CC1(C)CC(=O)C2=C(C1)NC1=C(CN=N1)C21CN(CC(F)F)C1. The van der Waals surface area contributed by atoms with E-state index in [0.717, 1.165) is 29.1 Å². The van der Waals surface area contributed by atoms with Gasteiger partial charge in [-0.05, 0) is 11.8 Å². The molecule has 0 aromatic rings. The summed E-state index contributed by atoms with van der Waals surface area (Å²) in [6.45, 7) is 5.30. The van der Waals surface area contributed by atoms with Crippen LogP contribution in [0.25, 0.3) is 0 Å². The summed E-state index contributed by atoms with van der Waals surface area (Å²) in [5.41, 5.74) is 2.16. The Morgan fingerprint density at radius 2 is 2.04 bits per heavy atom. The highest BCUT2D eigenvalue weighted by Crippen LogP contribution is 2.54. The molecule has 0 radical (unpaired) electrons. The number of Topliss-reactive ketones (excluding diaryl/α,β-unsaturated/α-hetero) is 1. The number of fused-ring (bicyclic) bond motifs is 2. The highest BCUT2D eigenvalue weighted by atomic mass is 19.3. The minimum Gasteiger partial charge on any atom is -0.342 e. The summed E-state index contributed by atoms with van der Waals surface area (Å²) < 4.78 is 25.3. The second-order valence-electron chi connectivity index (χ2n) is 7.79. The topological polar surface area (TPSA) is 57.1 Å². The number of hydrogen-bond donors (Lipinski definition) is 1. The van der Waals surface area contributed by atoms with E-state index >= 15 is 0 Å². The summed E-state index contributed by atoms with van der Waals surface area (Å²) in [5, 5.41) is 11.6. The molecule has 0 aromatic carbocycles. The van der Waals surface area contributed by atoms with Gasteiger partial charge in [-0.1, -0.05) is 13.8 Å². The quantitative estimate of drug-likeness (QED) is 0.850. The van der Waals surface area contributed by atoms with Crippen molar-refractivity contribution < 1.29 is 13.6 Å². The van der Waals surface area contributed by atoms with Gasteiger partial charge >= 0.3 is 0 Å². The maximum Gasteiger partial charge on any atom is 0.251 e. The summed E-state index contributed by atoms with van der Waals surface area (Å²) in [6, 6.07) is 0. The molecule has 1 N–H and O–H groups in total. The van der Waals surface area contributed by atoms with Gasteiger partial charge in [-0.2, -0.15) is 5.11 Å². The maximum absolute atomic E-state index is 12.8. The van der Waals surface area contributed by atoms with Gasteiger partial charge in [-0.15, -0.1) is 5.11 Å². The van der Waals surface area contributed by atoms with Crippen LogP contribution in [-0.4, -0.2) is 43.3 Å². The Labute approximate surface area is 133 Å². The van der Waals surface area contributed by atoms with Crippen LogP contribution in [-0.2, 0) is 4.79 Å². The van der Waals surface area contributed by atoms with Gasteiger partial charge in [0.05, 0.1) is 18.5 Å². The average molecular weight is 322 g/mol. The van der Waals surface area contributed by atoms with Gasteiger partial charge in [0.1, 0.15) is 0 Å². The average Bonchev–Trinajstić information content (AvgIpc) is 2.81. The largest absolute Gasteiger partial charge is 0.342 e. The lowest BCUT2D eigenvalue weighted by Gasteiger charge is -2.55. The lowest BCUT2D eigenvalue weighted by molar-refractivity contribution is -0.121. The molecule has 1 aliphatic carbocycles. The molecule has 3 aliphatic heterocycles. The maximum atomic E-state index is 12.8. The molecule has 23 heavy (non-hydrogen) atoms. The predicted molar refractivity (Wildman–Crippen MR) is 79.8 cm³/mol. The molecule has 1 spiro atoms. The van der Waals surface area contributed by atoms with Crippen LogP contribution in [0.2, 0.25) is 0 Å². The molecular weight excluding hydrogens is 302 g/mol. The number of azo groups is 1. The molecular formula is C16H20F2N4O. The monoisotopic (exact) mass is 322 g/mol. The molecule has 7 heteroatoms. The summed E-state index contributed by atoms with van der Waals surface area (Å²) in [7, 11) is 0. The van der Waals surface area contributed by atoms with Gasteiger partial charge in [0.25, 0.3) is 6.43 Å². The number of rotatable bonds is 2. The fourth-order valence-corrected chi connectivity index (χ4v) is 4.46. The smallest absolute Gasteiger partial charge is 0.251 e. The number of ketones is 1. The normalized spacial score (nSPS) is 28.1. The number of carbonyl (C=O) groups excluding carboxylic acids is 1. The number of halogens is 2. The van der Waals surface area contributed by atoms with E-state index in [4.69, 9.17) is 0 Å². The Kier molecular flexibility index (Phi) is 3.04. The molecule has 4 rings (SSSR count). The van der Waals surface area contributed by atoms with Gasteiger partial charge in [-0.3, -0.25) is 9.69 Å². The summed E-state index contributed by atoms with van der Waals surface area (Å²) >= 11 is 0. The lowest BCUT2D eigenvalue weighted by Crippen LogP contribution is -2.63. The molecule has 3 heterocycles. The fraction of sp³-hybridized carbons (Fsp3) is 0.688.